The van der Waals surface area contributed by atoms with Crippen LogP contribution in [0.1, 0.15) is 17.5 Å². The molecule has 0 aromatic heterocycles. The summed E-state index contributed by atoms with van der Waals surface area (Å²) in [5, 5.41) is 12.0. The number of carboxylic acid groups (broad SMARTS) is 1. The molecule has 1 fully saturated rings. The van der Waals surface area contributed by atoms with Gasteiger partial charge in [-0.05, 0) is 11.1 Å². The Morgan fingerprint density at radius 1 is 1.04 bits per heavy atom. The Balaban J connectivity index is 1.59. The quantitative estimate of drug-likeness (QED) is 0.783. The molecule has 0 radical (unpaired) electrons. The van der Waals surface area contributed by atoms with Crippen LogP contribution in [-0.4, -0.2) is 40.4 Å². The average Bonchev–Trinajstić information content (AvgIpc) is 3.03. The van der Waals surface area contributed by atoms with Gasteiger partial charge in [0.2, 0.25) is 11.8 Å². The van der Waals surface area contributed by atoms with Gasteiger partial charge in [0, 0.05) is 25.9 Å². The minimum Gasteiger partial charge on any atom is -0.480 e. The number of benzene rings is 2. The standard InChI is InChI=1S/C21H22N2O4/c24-19-12-17(14-23(19)13-16-9-5-2-6-10-16)20(25)22-18(21(26)27)11-15-7-3-1-4-8-15/h1-10,17-18H,11-14H2,(H,22,25)(H,26,27)/t17?,18-/m1/s1. The highest BCUT2D eigenvalue weighted by molar-refractivity contribution is 5.91. The molecule has 2 aromatic carbocycles. The van der Waals surface area contributed by atoms with Crippen molar-refractivity contribution in [1.29, 1.82) is 0 Å². The molecule has 2 atom stereocenters. The summed E-state index contributed by atoms with van der Waals surface area (Å²) in [5.74, 6) is -2.09. The Hall–Kier alpha value is -3.15. The van der Waals surface area contributed by atoms with E-state index in [4.69, 9.17) is 0 Å². The molecule has 0 bridgehead atoms. The van der Waals surface area contributed by atoms with Gasteiger partial charge in [0.25, 0.3) is 0 Å². The van der Waals surface area contributed by atoms with E-state index >= 15 is 0 Å². The zero-order chi connectivity index (χ0) is 19.2. The number of nitrogens with zero attached hydrogens (tertiary/aromatic N) is 1. The molecule has 0 spiro atoms. The summed E-state index contributed by atoms with van der Waals surface area (Å²) in [5.41, 5.74) is 1.83. The number of rotatable bonds is 7. The first-order valence-electron chi connectivity index (χ1n) is 8.91. The third-order valence-electron chi connectivity index (χ3n) is 4.70. The topological polar surface area (TPSA) is 86.7 Å². The minimum absolute atomic E-state index is 0.0889. The summed E-state index contributed by atoms with van der Waals surface area (Å²) in [6.45, 7) is 0.757. The summed E-state index contributed by atoms with van der Waals surface area (Å²) in [6.07, 6.45) is 0.312. The molecule has 1 aliphatic heterocycles. The van der Waals surface area contributed by atoms with Gasteiger partial charge >= 0.3 is 5.97 Å². The Bertz CT molecular complexity index is 807. The van der Waals surface area contributed by atoms with Crippen LogP contribution in [0.3, 0.4) is 0 Å². The van der Waals surface area contributed by atoms with Gasteiger partial charge in [-0.2, -0.15) is 0 Å². The molecule has 0 saturated carbocycles. The number of hydrogen-bond acceptors (Lipinski definition) is 3. The van der Waals surface area contributed by atoms with Crippen molar-refractivity contribution in [2.24, 2.45) is 5.92 Å². The minimum atomic E-state index is -1.09. The van der Waals surface area contributed by atoms with E-state index in [1.54, 1.807) is 4.90 Å². The third kappa shape index (κ3) is 4.94. The number of hydrogen-bond donors (Lipinski definition) is 2. The number of carbonyl (C=O) groups is 3. The van der Waals surface area contributed by atoms with E-state index in [1.165, 1.54) is 0 Å². The van der Waals surface area contributed by atoms with E-state index in [2.05, 4.69) is 5.32 Å². The van der Waals surface area contributed by atoms with E-state index < -0.39 is 17.9 Å². The summed E-state index contributed by atoms with van der Waals surface area (Å²) < 4.78 is 0. The maximum atomic E-state index is 12.5. The summed E-state index contributed by atoms with van der Waals surface area (Å²) in [4.78, 5) is 38.0. The molecule has 6 nitrogen and oxygen atoms in total. The van der Waals surface area contributed by atoms with Crippen LogP contribution in [0, 0.1) is 5.92 Å². The molecule has 2 N–H and O–H groups in total. The highest BCUT2D eigenvalue weighted by Crippen LogP contribution is 2.20. The van der Waals surface area contributed by atoms with Crippen molar-refractivity contribution in [3.63, 3.8) is 0 Å². The fourth-order valence-electron chi connectivity index (χ4n) is 3.24. The van der Waals surface area contributed by atoms with Crippen molar-refractivity contribution in [3.05, 3.63) is 71.8 Å². The summed E-state index contributed by atoms with van der Waals surface area (Å²) in [7, 11) is 0. The van der Waals surface area contributed by atoms with Crippen LogP contribution in [0.2, 0.25) is 0 Å². The molecular weight excluding hydrogens is 344 g/mol. The fraction of sp³-hybridized carbons (Fsp3) is 0.286. The predicted molar refractivity (Wildman–Crippen MR) is 99.7 cm³/mol. The Morgan fingerprint density at radius 2 is 1.63 bits per heavy atom. The van der Waals surface area contributed by atoms with Crippen molar-refractivity contribution in [2.45, 2.75) is 25.4 Å². The zero-order valence-corrected chi connectivity index (χ0v) is 14.9. The zero-order valence-electron chi connectivity index (χ0n) is 14.9. The lowest BCUT2D eigenvalue weighted by Gasteiger charge is -2.19. The van der Waals surface area contributed by atoms with Crippen LogP contribution in [0.25, 0.3) is 0 Å². The van der Waals surface area contributed by atoms with Gasteiger partial charge in [-0.1, -0.05) is 60.7 Å². The lowest BCUT2D eigenvalue weighted by Crippen LogP contribution is -2.45. The molecule has 27 heavy (non-hydrogen) atoms. The molecule has 1 unspecified atom stereocenters. The van der Waals surface area contributed by atoms with E-state index in [-0.39, 0.29) is 24.7 Å². The third-order valence-corrected chi connectivity index (χ3v) is 4.70. The first kappa shape index (κ1) is 18.6. The fourth-order valence-corrected chi connectivity index (χ4v) is 3.24. The van der Waals surface area contributed by atoms with Crippen molar-refractivity contribution in [1.82, 2.24) is 10.2 Å². The van der Waals surface area contributed by atoms with Gasteiger partial charge in [-0.25, -0.2) is 4.79 Å². The van der Waals surface area contributed by atoms with E-state index in [0.717, 1.165) is 11.1 Å². The van der Waals surface area contributed by atoms with Crippen molar-refractivity contribution in [2.75, 3.05) is 6.54 Å². The first-order valence-corrected chi connectivity index (χ1v) is 8.91. The van der Waals surface area contributed by atoms with Gasteiger partial charge in [-0.15, -0.1) is 0 Å². The molecule has 140 valence electrons. The second-order valence-electron chi connectivity index (χ2n) is 6.75. The molecule has 2 amide bonds. The number of amides is 2. The second-order valence-corrected chi connectivity index (χ2v) is 6.75. The number of carbonyl (C=O) groups excluding carboxylic acids is 2. The lowest BCUT2D eigenvalue weighted by molar-refractivity contribution is -0.142. The van der Waals surface area contributed by atoms with Crippen LogP contribution in [0.5, 0.6) is 0 Å². The molecule has 2 aromatic rings. The monoisotopic (exact) mass is 366 g/mol. The van der Waals surface area contributed by atoms with Crippen LogP contribution in [0.4, 0.5) is 0 Å². The predicted octanol–water partition coefficient (Wildman–Crippen LogP) is 1.85. The van der Waals surface area contributed by atoms with Gasteiger partial charge < -0.3 is 15.3 Å². The van der Waals surface area contributed by atoms with Gasteiger partial charge in [0.05, 0.1) is 5.92 Å². The number of aliphatic carboxylic acids is 1. The van der Waals surface area contributed by atoms with Crippen LogP contribution in [-0.2, 0) is 27.3 Å². The normalized spacial score (nSPS) is 17.6. The molecule has 6 heteroatoms. The number of nitrogens with one attached hydrogen (secondary N) is 1. The Labute approximate surface area is 157 Å². The van der Waals surface area contributed by atoms with Gasteiger partial charge in [-0.3, -0.25) is 9.59 Å². The largest absolute Gasteiger partial charge is 0.480 e. The van der Waals surface area contributed by atoms with Crippen LogP contribution in [0.15, 0.2) is 60.7 Å². The average molecular weight is 366 g/mol. The summed E-state index contributed by atoms with van der Waals surface area (Å²) >= 11 is 0. The van der Waals surface area contributed by atoms with E-state index in [1.807, 2.05) is 60.7 Å². The molecular formula is C21H22N2O4. The Kier molecular flexibility index (Phi) is 5.86. The van der Waals surface area contributed by atoms with Crippen LogP contribution < -0.4 is 5.32 Å². The molecule has 1 saturated heterocycles. The van der Waals surface area contributed by atoms with E-state index in [0.29, 0.717) is 13.1 Å². The SMILES string of the molecule is O=C(N[C@H](Cc1ccccc1)C(=O)O)C1CC(=O)N(Cc2ccccc2)C1. The first-order chi connectivity index (χ1) is 13.0. The maximum absolute atomic E-state index is 12.5. The van der Waals surface area contributed by atoms with Gasteiger partial charge in [0.15, 0.2) is 0 Å². The van der Waals surface area contributed by atoms with Crippen molar-refractivity contribution >= 4 is 17.8 Å². The van der Waals surface area contributed by atoms with Crippen molar-refractivity contribution in [3.8, 4) is 0 Å². The molecule has 0 aliphatic carbocycles. The van der Waals surface area contributed by atoms with Crippen LogP contribution >= 0.6 is 0 Å². The Morgan fingerprint density at radius 3 is 2.22 bits per heavy atom. The van der Waals surface area contributed by atoms with Crippen molar-refractivity contribution < 1.29 is 19.5 Å². The summed E-state index contributed by atoms with van der Waals surface area (Å²) in [6, 6.07) is 17.7. The highest BCUT2D eigenvalue weighted by Gasteiger charge is 2.35. The number of carboxylic acids is 1. The molecule has 1 aliphatic rings. The molecule has 3 rings (SSSR count). The van der Waals surface area contributed by atoms with E-state index in [9.17, 15) is 19.5 Å². The highest BCUT2D eigenvalue weighted by atomic mass is 16.4. The molecule has 1 heterocycles. The second kappa shape index (κ2) is 8.49. The van der Waals surface area contributed by atoms with Gasteiger partial charge in [0.1, 0.15) is 6.04 Å². The maximum Gasteiger partial charge on any atom is 0.326 e. The number of likely N-dealkylation sites (tertiary alicyclic amines) is 1. The smallest absolute Gasteiger partial charge is 0.326 e. The lowest BCUT2D eigenvalue weighted by atomic mass is 10.0.